The van der Waals surface area contributed by atoms with Gasteiger partial charge in [-0.3, -0.25) is 4.90 Å². The number of hydrogen-bond acceptors (Lipinski definition) is 5. The fourth-order valence-corrected chi connectivity index (χ4v) is 5.30. The van der Waals surface area contributed by atoms with E-state index in [0.717, 1.165) is 29.4 Å². The van der Waals surface area contributed by atoms with E-state index in [9.17, 15) is 0 Å². The van der Waals surface area contributed by atoms with Crippen molar-refractivity contribution in [2.24, 2.45) is 0 Å². The quantitative estimate of drug-likeness (QED) is 0.281. The van der Waals surface area contributed by atoms with Crippen LogP contribution < -0.4 is 14.2 Å². The van der Waals surface area contributed by atoms with Crippen molar-refractivity contribution in [3.63, 3.8) is 0 Å². The Hall–Kier alpha value is -3.02. The zero-order chi connectivity index (χ0) is 22.5. The Balaban J connectivity index is 1.28. The molecule has 170 valence electrons. The molecule has 0 radical (unpaired) electrons. The SMILES string of the molecule is COc1cc(-c2cc3ccc(OCc4ccccc4)cc3s2)ccc1OCCN1CCCC1. The molecule has 33 heavy (non-hydrogen) atoms. The minimum absolute atomic E-state index is 0.570. The van der Waals surface area contributed by atoms with E-state index in [1.54, 1.807) is 18.4 Å². The highest BCUT2D eigenvalue weighted by molar-refractivity contribution is 7.22. The summed E-state index contributed by atoms with van der Waals surface area (Å²) in [7, 11) is 1.70. The lowest BCUT2D eigenvalue weighted by atomic mass is 10.1. The first-order valence-electron chi connectivity index (χ1n) is 11.5. The number of thiophene rings is 1. The highest BCUT2D eigenvalue weighted by Gasteiger charge is 2.13. The predicted octanol–water partition coefficient (Wildman–Crippen LogP) is 6.63. The fourth-order valence-electron chi connectivity index (χ4n) is 4.22. The average molecular weight is 460 g/mol. The molecular formula is C28H29NO3S. The molecule has 0 aliphatic carbocycles. The second-order valence-corrected chi connectivity index (χ2v) is 9.43. The van der Waals surface area contributed by atoms with Crippen molar-refractivity contribution in [1.29, 1.82) is 0 Å². The Labute approximate surface area is 199 Å². The van der Waals surface area contributed by atoms with E-state index in [4.69, 9.17) is 14.2 Å². The minimum atomic E-state index is 0.570. The Morgan fingerprint density at radius 1 is 0.848 bits per heavy atom. The van der Waals surface area contributed by atoms with Gasteiger partial charge in [0.25, 0.3) is 0 Å². The largest absolute Gasteiger partial charge is 0.493 e. The number of ether oxygens (including phenoxy) is 3. The van der Waals surface area contributed by atoms with Crippen molar-refractivity contribution in [3.8, 4) is 27.7 Å². The fraction of sp³-hybridized carbons (Fsp3) is 0.286. The highest BCUT2D eigenvalue weighted by Crippen LogP contribution is 2.39. The molecule has 1 aliphatic rings. The monoisotopic (exact) mass is 459 g/mol. The van der Waals surface area contributed by atoms with Gasteiger partial charge < -0.3 is 14.2 Å². The second-order valence-electron chi connectivity index (χ2n) is 8.35. The zero-order valence-electron chi connectivity index (χ0n) is 19.0. The van der Waals surface area contributed by atoms with Gasteiger partial charge in [-0.2, -0.15) is 0 Å². The Kier molecular flexibility index (Phi) is 6.79. The summed E-state index contributed by atoms with van der Waals surface area (Å²) in [6.45, 7) is 4.59. The zero-order valence-corrected chi connectivity index (χ0v) is 19.8. The molecule has 0 amide bonds. The van der Waals surface area contributed by atoms with E-state index in [2.05, 4.69) is 47.4 Å². The van der Waals surface area contributed by atoms with E-state index in [1.165, 1.54) is 46.5 Å². The number of likely N-dealkylation sites (tertiary alicyclic amines) is 1. The third kappa shape index (κ3) is 5.32. The first kappa shape index (κ1) is 21.8. The molecule has 4 aromatic rings. The summed E-state index contributed by atoms with van der Waals surface area (Å²) in [4.78, 5) is 3.66. The topological polar surface area (TPSA) is 30.9 Å². The molecule has 5 heteroatoms. The van der Waals surface area contributed by atoms with E-state index in [0.29, 0.717) is 13.2 Å². The molecule has 2 heterocycles. The van der Waals surface area contributed by atoms with Crippen molar-refractivity contribution in [2.45, 2.75) is 19.4 Å². The van der Waals surface area contributed by atoms with Crippen LogP contribution >= 0.6 is 11.3 Å². The maximum absolute atomic E-state index is 6.04. The van der Waals surface area contributed by atoms with Gasteiger partial charge in [0.2, 0.25) is 0 Å². The van der Waals surface area contributed by atoms with Gasteiger partial charge >= 0.3 is 0 Å². The van der Waals surface area contributed by atoms with Crippen LogP contribution in [0.25, 0.3) is 20.5 Å². The average Bonchev–Trinajstić information content (AvgIpc) is 3.53. The van der Waals surface area contributed by atoms with Crippen LogP contribution in [0.5, 0.6) is 17.2 Å². The number of hydrogen-bond donors (Lipinski definition) is 0. The molecule has 1 fully saturated rings. The lowest BCUT2D eigenvalue weighted by Crippen LogP contribution is -2.25. The molecular weight excluding hydrogens is 430 g/mol. The summed E-state index contributed by atoms with van der Waals surface area (Å²) in [5.41, 5.74) is 2.30. The van der Waals surface area contributed by atoms with Gasteiger partial charge in [0.1, 0.15) is 19.0 Å². The highest BCUT2D eigenvalue weighted by atomic mass is 32.1. The summed E-state index contributed by atoms with van der Waals surface area (Å²) in [5.74, 6) is 2.47. The van der Waals surface area contributed by atoms with Crippen LogP contribution in [0.15, 0.2) is 72.8 Å². The Bertz CT molecular complexity index is 1200. The van der Waals surface area contributed by atoms with Crippen molar-refractivity contribution in [2.75, 3.05) is 33.4 Å². The van der Waals surface area contributed by atoms with Gasteiger partial charge in [-0.1, -0.05) is 30.3 Å². The molecule has 5 rings (SSSR count). The summed E-state index contributed by atoms with van der Waals surface area (Å²) < 4.78 is 18.9. The number of fused-ring (bicyclic) bond motifs is 1. The first-order chi connectivity index (χ1) is 16.3. The van der Waals surface area contributed by atoms with Gasteiger partial charge in [0.05, 0.1) is 7.11 Å². The number of benzene rings is 3. The van der Waals surface area contributed by atoms with Gasteiger partial charge in [-0.15, -0.1) is 11.3 Å². The molecule has 0 bridgehead atoms. The lowest BCUT2D eigenvalue weighted by Gasteiger charge is -2.16. The lowest BCUT2D eigenvalue weighted by molar-refractivity contribution is 0.230. The molecule has 0 atom stereocenters. The number of methoxy groups -OCH3 is 1. The number of nitrogens with zero attached hydrogens (tertiary/aromatic N) is 1. The van der Waals surface area contributed by atoms with E-state index in [1.807, 2.05) is 30.3 Å². The van der Waals surface area contributed by atoms with Crippen LogP contribution in [0.2, 0.25) is 0 Å². The third-order valence-corrected chi connectivity index (χ3v) is 7.20. The van der Waals surface area contributed by atoms with Gasteiger partial charge in [-0.25, -0.2) is 0 Å². The third-order valence-electron chi connectivity index (χ3n) is 6.05. The first-order valence-corrected chi connectivity index (χ1v) is 12.3. The molecule has 1 aliphatic heterocycles. The van der Waals surface area contributed by atoms with Crippen molar-refractivity contribution >= 4 is 21.4 Å². The Morgan fingerprint density at radius 2 is 1.70 bits per heavy atom. The van der Waals surface area contributed by atoms with Crippen LogP contribution in [-0.2, 0) is 6.61 Å². The van der Waals surface area contributed by atoms with E-state index >= 15 is 0 Å². The predicted molar refractivity (Wildman–Crippen MR) is 136 cm³/mol. The summed E-state index contributed by atoms with van der Waals surface area (Å²) in [5, 5.41) is 1.21. The van der Waals surface area contributed by atoms with Crippen molar-refractivity contribution < 1.29 is 14.2 Å². The van der Waals surface area contributed by atoms with Gasteiger partial charge in [0.15, 0.2) is 11.5 Å². The van der Waals surface area contributed by atoms with Crippen molar-refractivity contribution in [1.82, 2.24) is 4.90 Å². The maximum Gasteiger partial charge on any atom is 0.161 e. The van der Waals surface area contributed by atoms with Crippen LogP contribution in [0.3, 0.4) is 0 Å². The van der Waals surface area contributed by atoms with Gasteiger partial charge in [-0.05, 0) is 84.9 Å². The number of rotatable bonds is 9. The van der Waals surface area contributed by atoms with Crippen LogP contribution in [-0.4, -0.2) is 38.3 Å². The molecule has 4 nitrogen and oxygen atoms in total. The molecule has 0 N–H and O–H groups in total. The smallest absolute Gasteiger partial charge is 0.161 e. The van der Waals surface area contributed by atoms with E-state index in [-0.39, 0.29) is 0 Å². The maximum atomic E-state index is 6.04. The normalized spacial score (nSPS) is 14.0. The molecule has 1 saturated heterocycles. The molecule has 0 saturated carbocycles. The van der Waals surface area contributed by atoms with Gasteiger partial charge in [0, 0.05) is 16.1 Å². The Morgan fingerprint density at radius 3 is 2.52 bits per heavy atom. The van der Waals surface area contributed by atoms with Crippen LogP contribution in [0, 0.1) is 0 Å². The molecule has 1 aromatic heterocycles. The molecule has 3 aromatic carbocycles. The summed E-state index contributed by atoms with van der Waals surface area (Å²) in [6.07, 6.45) is 2.60. The minimum Gasteiger partial charge on any atom is -0.493 e. The van der Waals surface area contributed by atoms with E-state index < -0.39 is 0 Å². The summed E-state index contributed by atoms with van der Waals surface area (Å²) in [6, 6.07) is 25.0. The van der Waals surface area contributed by atoms with Crippen molar-refractivity contribution in [3.05, 3.63) is 78.4 Å². The van der Waals surface area contributed by atoms with Crippen LogP contribution in [0.1, 0.15) is 18.4 Å². The molecule has 0 spiro atoms. The standard InChI is InChI=1S/C28H29NO3S/c1-30-26-17-22(10-12-25(26)31-16-15-29-13-5-6-14-29)27-18-23-9-11-24(19-28(23)33-27)32-20-21-7-3-2-4-8-21/h2-4,7-12,17-19H,5-6,13-16,20H2,1H3. The molecule has 0 unspecified atom stereocenters. The second kappa shape index (κ2) is 10.3. The van der Waals surface area contributed by atoms with Crippen LogP contribution in [0.4, 0.5) is 0 Å². The summed E-state index contributed by atoms with van der Waals surface area (Å²) >= 11 is 1.76.